The Balaban J connectivity index is 2.69. The number of hydrogen-bond acceptors (Lipinski definition) is 4. The van der Waals surface area contributed by atoms with Crippen molar-refractivity contribution in [3.63, 3.8) is 0 Å². The molecule has 1 heterocycles. The van der Waals surface area contributed by atoms with Crippen molar-refractivity contribution < 1.29 is 9.13 Å². The number of ether oxygens (including phenoxy) is 1. The van der Waals surface area contributed by atoms with Gasteiger partial charge in [0.1, 0.15) is 11.6 Å². The molecule has 2 rings (SSSR count). The maximum absolute atomic E-state index is 13.0. The van der Waals surface area contributed by atoms with Gasteiger partial charge in [-0.25, -0.2) is 9.49 Å². The lowest BCUT2D eigenvalue weighted by molar-refractivity contribution is 0.409. The molecule has 0 radical (unpaired) electrons. The molecule has 5 nitrogen and oxygen atoms in total. The minimum absolute atomic E-state index is 0.190. The summed E-state index contributed by atoms with van der Waals surface area (Å²) in [6.45, 7) is 0. The van der Waals surface area contributed by atoms with Crippen LogP contribution in [0.25, 0.3) is 5.69 Å². The average molecular weight is 240 g/mol. The van der Waals surface area contributed by atoms with E-state index in [0.29, 0.717) is 16.2 Å². The molecular formula is C9H9FN4OS. The van der Waals surface area contributed by atoms with Gasteiger partial charge in [0.2, 0.25) is 10.7 Å². The average Bonchev–Trinajstić information content (AvgIpc) is 2.59. The molecule has 0 aliphatic heterocycles. The highest BCUT2D eigenvalue weighted by Crippen LogP contribution is 2.25. The first-order valence-corrected chi connectivity index (χ1v) is 4.81. The number of aromatic amines is 1. The molecule has 0 atom stereocenters. The number of hydrogen-bond donors (Lipinski definition) is 2. The van der Waals surface area contributed by atoms with Crippen LogP contribution in [-0.2, 0) is 0 Å². The summed E-state index contributed by atoms with van der Waals surface area (Å²) < 4.78 is 19.9. The standard InChI is InChI=1S/C9H9FN4OS/c1-15-7-4-5(10)2-3-6(7)14-8(11)12-13-9(14)16/h2-4H,1H3,(H2,11,12)(H,13,16). The van der Waals surface area contributed by atoms with E-state index in [0.717, 1.165) is 0 Å². The van der Waals surface area contributed by atoms with E-state index in [1.165, 1.54) is 29.9 Å². The van der Waals surface area contributed by atoms with Crippen molar-refractivity contribution in [3.05, 3.63) is 28.8 Å². The molecule has 0 aliphatic carbocycles. The van der Waals surface area contributed by atoms with Crippen molar-refractivity contribution in [1.82, 2.24) is 14.8 Å². The van der Waals surface area contributed by atoms with Crippen LogP contribution in [0.1, 0.15) is 0 Å². The summed E-state index contributed by atoms with van der Waals surface area (Å²) in [5, 5.41) is 6.31. The summed E-state index contributed by atoms with van der Waals surface area (Å²) in [7, 11) is 1.44. The SMILES string of the molecule is COc1cc(F)ccc1-n1c(N)n[nH]c1=S. The number of halogens is 1. The molecule has 84 valence electrons. The van der Waals surface area contributed by atoms with Crippen molar-refractivity contribution in [3.8, 4) is 11.4 Å². The Labute approximate surface area is 95.7 Å². The lowest BCUT2D eigenvalue weighted by atomic mass is 10.3. The zero-order chi connectivity index (χ0) is 11.7. The lowest BCUT2D eigenvalue weighted by Gasteiger charge is -2.09. The van der Waals surface area contributed by atoms with Crippen LogP contribution in [0.5, 0.6) is 5.75 Å². The Kier molecular flexibility index (Phi) is 2.61. The summed E-state index contributed by atoms with van der Waals surface area (Å²) in [4.78, 5) is 0. The third-order valence-electron chi connectivity index (χ3n) is 2.08. The fourth-order valence-corrected chi connectivity index (χ4v) is 1.62. The second-order valence-electron chi connectivity index (χ2n) is 3.04. The van der Waals surface area contributed by atoms with Gasteiger partial charge in [-0.3, -0.25) is 4.57 Å². The lowest BCUT2D eigenvalue weighted by Crippen LogP contribution is -2.03. The molecule has 0 bridgehead atoms. The molecule has 0 unspecified atom stereocenters. The molecule has 3 N–H and O–H groups in total. The van der Waals surface area contributed by atoms with Gasteiger partial charge in [-0.15, -0.1) is 5.10 Å². The second kappa shape index (κ2) is 3.93. The highest BCUT2D eigenvalue weighted by atomic mass is 32.1. The van der Waals surface area contributed by atoms with Crippen LogP contribution in [0.2, 0.25) is 0 Å². The molecule has 0 saturated carbocycles. The number of nitrogens with two attached hydrogens (primary N) is 1. The van der Waals surface area contributed by atoms with Crippen molar-refractivity contribution in [2.24, 2.45) is 0 Å². The second-order valence-corrected chi connectivity index (χ2v) is 3.43. The summed E-state index contributed by atoms with van der Waals surface area (Å²) in [6.07, 6.45) is 0. The third kappa shape index (κ3) is 1.65. The molecule has 0 spiro atoms. The molecule has 0 saturated heterocycles. The predicted octanol–water partition coefficient (Wildman–Crippen LogP) is 1.66. The van der Waals surface area contributed by atoms with Gasteiger partial charge in [0.25, 0.3) is 0 Å². The largest absolute Gasteiger partial charge is 0.494 e. The summed E-state index contributed by atoms with van der Waals surface area (Å²) >= 11 is 5.01. The van der Waals surface area contributed by atoms with Crippen molar-refractivity contribution in [2.45, 2.75) is 0 Å². The van der Waals surface area contributed by atoms with E-state index in [1.54, 1.807) is 0 Å². The number of H-pyrrole nitrogens is 1. The molecule has 0 aliphatic rings. The van der Waals surface area contributed by atoms with Crippen LogP contribution < -0.4 is 10.5 Å². The number of nitrogens with zero attached hydrogens (tertiary/aromatic N) is 2. The number of nitrogens with one attached hydrogen (secondary N) is 1. The molecule has 0 fully saturated rings. The van der Waals surface area contributed by atoms with E-state index in [9.17, 15) is 4.39 Å². The number of rotatable bonds is 2. The van der Waals surface area contributed by atoms with Gasteiger partial charge in [-0.05, 0) is 24.4 Å². The molecule has 1 aromatic carbocycles. The zero-order valence-corrected chi connectivity index (χ0v) is 9.21. The van der Waals surface area contributed by atoms with Gasteiger partial charge in [-0.2, -0.15) is 0 Å². The number of methoxy groups -OCH3 is 1. The van der Waals surface area contributed by atoms with Crippen molar-refractivity contribution in [1.29, 1.82) is 0 Å². The predicted molar refractivity (Wildman–Crippen MR) is 59.7 cm³/mol. The highest BCUT2D eigenvalue weighted by molar-refractivity contribution is 7.71. The Morgan fingerprint density at radius 3 is 2.88 bits per heavy atom. The van der Waals surface area contributed by atoms with Crippen LogP contribution in [-0.4, -0.2) is 21.9 Å². The maximum atomic E-state index is 13.0. The Morgan fingerprint density at radius 2 is 2.31 bits per heavy atom. The topological polar surface area (TPSA) is 68.9 Å². The first-order valence-electron chi connectivity index (χ1n) is 4.40. The minimum Gasteiger partial charge on any atom is -0.494 e. The van der Waals surface area contributed by atoms with Crippen LogP contribution in [0.15, 0.2) is 18.2 Å². The zero-order valence-electron chi connectivity index (χ0n) is 8.40. The fraction of sp³-hybridized carbons (Fsp3) is 0.111. The monoisotopic (exact) mass is 240 g/mol. The number of nitrogen functional groups attached to an aromatic ring is 1. The first-order chi connectivity index (χ1) is 7.63. The third-order valence-corrected chi connectivity index (χ3v) is 2.35. The van der Waals surface area contributed by atoms with Crippen LogP contribution in [0.3, 0.4) is 0 Å². The fourth-order valence-electron chi connectivity index (χ4n) is 1.38. The summed E-state index contributed by atoms with van der Waals surface area (Å²) in [5.74, 6) is 0.133. The minimum atomic E-state index is -0.394. The Morgan fingerprint density at radius 1 is 1.56 bits per heavy atom. The maximum Gasteiger partial charge on any atom is 0.225 e. The van der Waals surface area contributed by atoms with E-state index in [1.807, 2.05) is 0 Å². The number of benzene rings is 1. The smallest absolute Gasteiger partial charge is 0.225 e. The number of anilines is 1. The first kappa shape index (κ1) is 10.6. The van der Waals surface area contributed by atoms with Crippen molar-refractivity contribution >= 4 is 18.2 Å². The van der Waals surface area contributed by atoms with Gasteiger partial charge in [0, 0.05) is 6.07 Å². The quantitative estimate of drug-likeness (QED) is 0.783. The normalized spacial score (nSPS) is 10.4. The van der Waals surface area contributed by atoms with E-state index in [-0.39, 0.29) is 5.95 Å². The van der Waals surface area contributed by atoms with Gasteiger partial charge < -0.3 is 10.5 Å². The van der Waals surface area contributed by atoms with Gasteiger partial charge in [0.05, 0.1) is 12.8 Å². The molecule has 1 aromatic heterocycles. The van der Waals surface area contributed by atoms with E-state index in [4.69, 9.17) is 22.7 Å². The molecule has 0 amide bonds. The van der Waals surface area contributed by atoms with Crippen molar-refractivity contribution in [2.75, 3.05) is 12.8 Å². The highest BCUT2D eigenvalue weighted by Gasteiger charge is 2.11. The molecule has 2 aromatic rings. The van der Waals surface area contributed by atoms with Crippen LogP contribution >= 0.6 is 12.2 Å². The van der Waals surface area contributed by atoms with E-state index >= 15 is 0 Å². The molecule has 7 heteroatoms. The van der Waals surface area contributed by atoms with Gasteiger partial charge >= 0.3 is 0 Å². The molecular weight excluding hydrogens is 231 g/mol. The van der Waals surface area contributed by atoms with E-state index in [2.05, 4.69) is 10.2 Å². The summed E-state index contributed by atoms with van der Waals surface area (Å²) in [5.41, 5.74) is 6.18. The molecule has 16 heavy (non-hydrogen) atoms. The Bertz CT molecular complexity index is 577. The summed E-state index contributed by atoms with van der Waals surface area (Å²) in [6, 6.07) is 4.07. The van der Waals surface area contributed by atoms with Gasteiger partial charge in [0.15, 0.2) is 0 Å². The van der Waals surface area contributed by atoms with Gasteiger partial charge in [-0.1, -0.05) is 0 Å². The van der Waals surface area contributed by atoms with Crippen LogP contribution in [0.4, 0.5) is 10.3 Å². The number of aromatic nitrogens is 3. The van der Waals surface area contributed by atoms with Crippen LogP contribution in [0, 0.1) is 10.6 Å². The van der Waals surface area contributed by atoms with E-state index < -0.39 is 5.82 Å². The Hall–Kier alpha value is -1.89.